The number of H-pyrrole nitrogens is 1. The highest BCUT2D eigenvalue weighted by Gasteiger charge is 2.17. The lowest BCUT2D eigenvalue weighted by Gasteiger charge is -2.12. The molecule has 7 heteroatoms. The molecule has 0 saturated heterocycles. The van der Waals surface area contributed by atoms with Gasteiger partial charge in [-0.25, -0.2) is 4.98 Å². The topological polar surface area (TPSA) is 121 Å². The third-order valence-electron chi connectivity index (χ3n) is 4.97. The van der Waals surface area contributed by atoms with Crippen molar-refractivity contribution in [2.24, 2.45) is 0 Å². The third-order valence-corrected chi connectivity index (χ3v) is 4.97. The summed E-state index contributed by atoms with van der Waals surface area (Å²) in [5.41, 5.74) is 11.3. The number of carbonyl (C=O) groups is 1. The number of hydrogen-bond acceptors (Lipinski definition) is 5. The van der Waals surface area contributed by atoms with Crippen molar-refractivity contribution < 1.29 is 4.79 Å². The summed E-state index contributed by atoms with van der Waals surface area (Å²) in [5, 5.41) is 11.5. The molecule has 0 radical (unpaired) electrons. The first-order valence-corrected chi connectivity index (χ1v) is 9.59. The van der Waals surface area contributed by atoms with Gasteiger partial charge in [-0.15, -0.1) is 0 Å². The number of fused-ring (bicyclic) bond motifs is 1. The fourth-order valence-corrected chi connectivity index (χ4v) is 3.34. The average Bonchev–Trinajstić information content (AvgIpc) is 3.16. The molecular weight excluding hydrogens is 376 g/mol. The van der Waals surface area contributed by atoms with E-state index in [1.54, 1.807) is 24.4 Å². The molecule has 0 bridgehead atoms. The summed E-state index contributed by atoms with van der Waals surface area (Å²) >= 11 is 0. The maximum absolute atomic E-state index is 12.7. The normalized spacial score (nSPS) is 11.9. The van der Waals surface area contributed by atoms with Crippen LogP contribution in [0.15, 0.2) is 60.8 Å². The van der Waals surface area contributed by atoms with Crippen LogP contribution in [0.25, 0.3) is 11.0 Å². The molecule has 0 saturated carbocycles. The predicted molar refractivity (Wildman–Crippen MR) is 118 cm³/mol. The lowest BCUT2D eigenvalue weighted by atomic mass is 10.0. The van der Waals surface area contributed by atoms with Gasteiger partial charge >= 0.3 is 0 Å². The molecule has 7 nitrogen and oxygen atoms in total. The van der Waals surface area contributed by atoms with E-state index in [0.717, 1.165) is 16.8 Å². The molecule has 150 valence electrons. The summed E-state index contributed by atoms with van der Waals surface area (Å²) in [4.78, 5) is 24.3. The maximum Gasteiger partial charge on any atom is 0.287 e. The SMILES string of the molecule is Cc1cc(C(=N)c2cc3nc(C(=O)NC(C)c4ccccc4)[nH]c3cc2N)ccn1. The standard InChI is InChI=1S/C23H22N6O/c1-13-10-16(8-9-26-13)21(25)17-11-19-20(12-18(17)24)29-22(28-19)23(30)27-14(2)15-6-4-3-5-7-15/h3-12,14,25H,24H2,1-2H3,(H,27,30)(H,28,29). The Kier molecular flexibility index (Phi) is 5.02. The summed E-state index contributed by atoms with van der Waals surface area (Å²) in [5.74, 6) is -0.0990. The van der Waals surface area contributed by atoms with E-state index in [9.17, 15) is 4.79 Å². The number of benzene rings is 2. The van der Waals surface area contributed by atoms with Gasteiger partial charge in [-0.2, -0.15) is 0 Å². The van der Waals surface area contributed by atoms with Crippen molar-refractivity contribution in [1.82, 2.24) is 20.3 Å². The van der Waals surface area contributed by atoms with Gasteiger partial charge in [-0.1, -0.05) is 30.3 Å². The first kappa shape index (κ1) is 19.3. The number of nitrogen functional groups attached to an aromatic ring is 1. The van der Waals surface area contributed by atoms with Gasteiger partial charge in [0.25, 0.3) is 5.91 Å². The third kappa shape index (κ3) is 3.77. The molecule has 2 aromatic heterocycles. The van der Waals surface area contributed by atoms with Crippen molar-refractivity contribution in [3.63, 3.8) is 0 Å². The molecule has 5 N–H and O–H groups in total. The van der Waals surface area contributed by atoms with Crippen molar-refractivity contribution in [2.45, 2.75) is 19.9 Å². The van der Waals surface area contributed by atoms with Crippen molar-refractivity contribution in [3.05, 3.63) is 89.0 Å². The van der Waals surface area contributed by atoms with Gasteiger partial charge in [0.15, 0.2) is 5.82 Å². The number of imidazole rings is 1. The number of anilines is 1. The Morgan fingerprint density at radius 3 is 2.67 bits per heavy atom. The maximum atomic E-state index is 12.7. The van der Waals surface area contributed by atoms with Crippen LogP contribution < -0.4 is 11.1 Å². The molecule has 30 heavy (non-hydrogen) atoms. The summed E-state index contributed by atoms with van der Waals surface area (Å²) in [6.45, 7) is 3.79. The molecular formula is C23H22N6O. The highest BCUT2D eigenvalue weighted by Crippen LogP contribution is 2.23. The van der Waals surface area contributed by atoms with Gasteiger partial charge in [-0.05, 0) is 43.7 Å². The average molecular weight is 398 g/mol. The minimum absolute atomic E-state index is 0.157. The number of nitrogens with one attached hydrogen (secondary N) is 3. The lowest BCUT2D eigenvalue weighted by Crippen LogP contribution is -2.27. The van der Waals surface area contributed by atoms with E-state index in [4.69, 9.17) is 11.1 Å². The zero-order valence-corrected chi connectivity index (χ0v) is 16.7. The van der Waals surface area contributed by atoms with E-state index < -0.39 is 0 Å². The van der Waals surface area contributed by atoms with Crippen LogP contribution >= 0.6 is 0 Å². The Morgan fingerprint density at radius 1 is 1.17 bits per heavy atom. The summed E-state index contributed by atoms with van der Waals surface area (Å²) < 4.78 is 0. The fourth-order valence-electron chi connectivity index (χ4n) is 3.34. The van der Waals surface area contributed by atoms with Crippen LogP contribution in [0.1, 0.15) is 46.0 Å². The number of nitrogens with two attached hydrogens (primary N) is 1. The van der Waals surface area contributed by atoms with Gasteiger partial charge in [0.05, 0.1) is 22.8 Å². The van der Waals surface area contributed by atoms with Gasteiger partial charge < -0.3 is 16.0 Å². The molecule has 1 atom stereocenters. The predicted octanol–water partition coefficient (Wildman–Crippen LogP) is 3.76. The van der Waals surface area contributed by atoms with E-state index in [0.29, 0.717) is 22.3 Å². The Morgan fingerprint density at radius 2 is 1.93 bits per heavy atom. The van der Waals surface area contributed by atoms with Crippen LogP contribution in [0, 0.1) is 12.3 Å². The summed E-state index contributed by atoms with van der Waals surface area (Å²) in [7, 11) is 0. The lowest BCUT2D eigenvalue weighted by molar-refractivity contribution is 0.0930. The van der Waals surface area contributed by atoms with Crippen LogP contribution in [0.5, 0.6) is 0 Å². The molecule has 2 heterocycles. The Bertz CT molecular complexity index is 1250. The van der Waals surface area contributed by atoms with Gasteiger partial charge in [0.1, 0.15) is 0 Å². The van der Waals surface area contributed by atoms with Crippen LogP contribution in [-0.2, 0) is 0 Å². The minimum Gasteiger partial charge on any atom is -0.398 e. The van der Waals surface area contributed by atoms with Crippen LogP contribution in [-0.4, -0.2) is 26.6 Å². The zero-order chi connectivity index (χ0) is 21.3. The number of rotatable bonds is 5. The first-order chi connectivity index (χ1) is 14.4. The molecule has 1 unspecified atom stereocenters. The highest BCUT2D eigenvalue weighted by molar-refractivity contribution is 6.15. The Balaban J connectivity index is 1.61. The number of aryl methyl sites for hydroxylation is 1. The molecule has 0 aliphatic heterocycles. The first-order valence-electron chi connectivity index (χ1n) is 9.59. The minimum atomic E-state index is -0.303. The second-order valence-electron chi connectivity index (χ2n) is 7.21. The fraction of sp³-hybridized carbons (Fsp3) is 0.130. The number of aromatic amines is 1. The number of nitrogens with zero attached hydrogens (tertiary/aromatic N) is 2. The van der Waals surface area contributed by atoms with E-state index in [1.165, 1.54) is 0 Å². The number of hydrogen-bond donors (Lipinski definition) is 4. The molecule has 2 aromatic carbocycles. The second-order valence-corrected chi connectivity index (χ2v) is 7.21. The van der Waals surface area contributed by atoms with Crippen LogP contribution in [0.4, 0.5) is 5.69 Å². The summed E-state index contributed by atoms with van der Waals surface area (Å²) in [6, 6.07) is 16.6. The summed E-state index contributed by atoms with van der Waals surface area (Å²) in [6.07, 6.45) is 1.67. The molecule has 0 spiro atoms. The van der Waals surface area contributed by atoms with Crippen molar-refractivity contribution in [2.75, 3.05) is 5.73 Å². The zero-order valence-electron chi connectivity index (χ0n) is 16.7. The number of pyridine rings is 1. The molecule has 0 aliphatic rings. The van der Waals surface area contributed by atoms with E-state index in [2.05, 4.69) is 20.3 Å². The molecule has 4 aromatic rings. The van der Waals surface area contributed by atoms with Crippen LogP contribution in [0.3, 0.4) is 0 Å². The monoisotopic (exact) mass is 398 g/mol. The Hall–Kier alpha value is -4.00. The molecule has 1 amide bonds. The smallest absolute Gasteiger partial charge is 0.287 e. The number of amides is 1. The van der Waals surface area contributed by atoms with Crippen molar-refractivity contribution in [3.8, 4) is 0 Å². The van der Waals surface area contributed by atoms with Gasteiger partial charge in [0.2, 0.25) is 0 Å². The van der Waals surface area contributed by atoms with Gasteiger partial charge in [-0.3, -0.25) is 15.2 Å². The highest BCUT2D eigenvalue weighted by atomic mass is 16.2. The van der Waals surface area contributed by atoms with E-state index in [-0.39, 0.29) is 23.5 Å². The largest absolute Gasteiger partial charge is 0.398 e. The van der Waals surface area contributed by atoms with Crippen molar-refractivity contribution in [1.29, 1.82) is 5.41 Å². The Labute approximate surface area is 173 Å². The van der Waals surface area contributed by atoms with Crippen LogP contribution in [0.2, 0.25) is 0 Å². The molecule has 0 fully saturated rings. The molecule has 4 rings (SSSR count). The van der Waals surface area contributed by atoms with E-state index >= 15 is 0 Å². The quantitative estimate of drug-likeness (QED) is 0.302. The van der Waals surface area contributed by atoms with E-state index in [1.807, 2.05) is 50.2 Å². The number of carbonyl (C=O) groups excluding carboxylic acids is 1. The molecule has 0 aliphatic carbocycles. The van der Waals surface area contributed by atoms with Gasteiger partial charge in [0, 0.05) is 28.7 Å². The van der Waals surface area contributed by atoms with Crippen molar-refractivity contribution >= 4 is 28.3 Å². The second kappa shape index (κ2) is 7.79. The number of aromatic nitrogens is 3.